The number of ether oxygens (including phenoxy) is 3. The average Bonchev–Trinajstić information content (AvgIpc) is 2.67. The summed E-state index contributed by atoms with van der Waals surface area (Å²) in [5, 5.41) is 4.22. The molecule has 154 valence electrons. The predicted octanol–water partition coefficient (Wildman–Crippen LogP) is 4.42. The molecule has 0 spiro atoms. The van der Waals surface area contributed by atoms with Crippen LogP contribution in [-0.2, 0) is 9.53 Å². The normalized spacial score (nSPS) is 10.7. The molecule has 1 amide bonds. The summed E-state index contributed by atoms with van der Waals surface area (Å²) in [6.07, 6.45) is 1.44. The zero-order valence-electron chi connectivity index (χ0n) is 15.5. The quantitative estimate of drug-likeness (QED) is 0.211. The molecule has 29 heavy (non-hydrogen) atoms. The van der Waals surface area contributed by atoms with Gasteiger partial charge in [-0.2, -0.15) is 5.10 Å². The summed E-state index contributed by atoms with van der Waals surface area (Å²) in [5.41, 5.74) is 3.48. The van der Waals surface area contributed by atoms with Crippen molar-refractivity contribution in [2.24, 2.45) is 5.10 Å². The highest BCUT2D eigenvalue weighted by atomic mass is 127. The highest BCUT2D eigenvalue weighted by Gasteiger charge is 2.12. The molecular formula is C19H17BrClIN2O5. The summed E-state index contributed by atoms with van der Waals surface area (Å²) in [4.78, 5) is 23.6. The minimum atomic E-state index is -0.490. The van der Waals surface area contributed by atoms with Crippen molar-refractivity contribution in [2.45, 2.75) is 6.92 Å². The van der Waals surface area contributed by atoms with Crippen LogP contribution >= 0.6 is 50.1 Å². The van der Waals surface area contributed by atoms with E-state index in [-0.39, 0.29) is 24.1 Å². The summed E-state index contributed by atoms with van der Waals surface area (Å²) in [6.45, 7) is 1.73. The number of esters is 1. The highest BCUT2D eigenvalue weighted by Crippen LogP contribution is 2.34. The minimum Gasteiger partial charge on any atom is -0.496 e. The molecule has 0 saturated carbocycles. The molecule has 7 nitrogen and oxygen atoms in total. The molecule has 0 bridgehead atoms. The van der Waals surface area contributed by atoms with Crippen LogP contribution in [0.15, 0.2) is 39.9 Å². The molecule has 0 heterocycles. The first kappa shape index (κ1) is 23.4. The van der Waals surface area contributed by atoms with Gasteiger partial charge in [0.05, 0.1) is 33.0 Å². The number of nitrogens with zero attached hydrogens (tertiary/aromatic N) is 1. The lowest BCUT2D eigenvalue weighted by atomic mass is 10.2. The molecule has 0 radical (unpaired) electrons. The number of methoxy groups -OCH3 is 1. The van der Waals surface area contributed by atoms with Crippen LogP contribution in [0.25, 0.3) is 0 Å². The van der Waals surface area contributed by atoms with E-state index in [1.165, 1.54) is 6.21 Å². The van der Waals surface area contributed by atoms with E-state index in [2.05, 4.69) is 49.0 Å². The maximum atomic E-state index is 12.2. The number of nitrogens with one attached hydrogen (secondary N) is 1. The minimum absolute atomic E-state index is 0.255. The molecule has 0 aliphatic carbocycles. The van der Waals surface area contributed by atoms with Gasteiger partial charge in [0.25, 0.3) is 5.91 Å². The molecule has 2 rings (SSSR count). The van der Waals surface area contributed by atoms with Crippen molar-refractivity contribution >= 4 is 68.2 Å². The molecule has 0 aliphatic rings. The first-order valence-corrected chi connectivity index (χ1v) is 10.5. The van der Waals surface area contributed by atoms with Gasteiger partial charge in [0.15, 0.2) is 12.4 Å². The second-order valence-corrected chi connectivity index (χ2v) is 7.88. The van der Waals surface area contributed by atoms with Crippen molar-refractivity contribution in [3.05, 3.63) is 54.5 Å². The number of benzene rings is 2. The van der Waals surface area contributed by atoms with Crippen LogP contribution < -0.4 is 14.9 Å². The van der Waals surface area contributed by atoms with Gasteiger partial charge in [0.2, 0.25) is 0 Å². The molecule has 0 unspecified atom stereocenters. The molecule has 2 aromatic carbocycles. The van der Waals surface area contributed by atoms with Gasteiger partial charge in [0.1, 0.15) is 5.75 Å². The number of carbonyl (C=O) groups is 2. The van der Waals surface area contributed by atoms with Gasteiger partial charge in [-0.1, -0.05) is 11.6 Å². The van der Waals surface area contributed by atoms with E-state index in [4.69, 9.17) is 25.8 Å². The summed E-state index contributed by atoms with van der Waals surface area (Å²) in [5.74, 6) is 0.0507. The molecule has 0 aliphatic heterocycles. The van der Waals surface area contributed by atoms with E-state index in [0.717, 1.165) is 3.57 Å². The molecule has 0 saturated heterocycles. The fourth-order valence-corrected chi connectivity index (χ4v) is 3.70. The van der Waals surface area contributed by atoms with Crippen molar-refractivity contribution in [1.29, 1.82) is 0 Å². The van der Waals surface area contributed by atoms with Gasteiger partial charge < -0.3 is 14.2 Å². The van der Waals surface area contributed by atoms with Crippen molar-refractivity contribution < 1.29 is 23.8 Å². The van der Waals surface area contributed by atoms with Crippen molar-refractivity contribution in [3.8, 4) is 11.5 Å². The molecular weight excluding hydrogens is 578 g/mol. The number of carbonyl (C=O) groups excluding carboxylic acids is 2. The maximum Gasteiger partial charge on any atom is 0.344 e. The Balaban J connectivity index is 2.03. The maximum absolute atomic E-state index is 12.2. The highest BCUT2D eigenvalue weighted by molar-refractivity contribution is 14.1. The van der Waals surface area contributed by atoms with E-state index in [0.29, 0.717) is 27.1 Å². The zero-order valence-corrected chi connectivity index (χ0v) is 20.0. The Morgan fingerprint density at radius 3 is 2.72 bits per heavy atom. The third-order valence-electron chi connectivity index (χ3n) is 3.45. The largest absolute Gasteiger partial charge is 0.496 e. The summed E-state index contributed by atoms with van der Waals surface area (Å²) in [6, 6.07) is 8.38. The van der Waals surface area contributed by atoms with Crippen LogP contribution in [0.4, 0.5) is 0 Å². The second-order valence-electron chi connectivity index (χ2n) is 5.46. The summed E-state index contributed by atoms with van der Waals surface area (Å²) >= 11 is 11.7. The van der Waals surface area contributed by atoms with Gasteiger partial charge in [-0.05, 0) is 81.3 Å². The van der Waals surface area contributed by atoms with Crippen LogP contribution in [0.2, 0.25) is 5.02 Å². The fourth-order valence-electron chi connectivity index (χ4n) is 2.16. The Hall–Kier alpha value is -1.85. The number of halogens is 3. The van der Waals surface area contributed by atoms with Crippen molar-refractivity contribution in [3.63, 3.8) is 0 Å². The first-order valence-electron chi connectivity index (χ1n) is 8.30. The monoisotopic (exact) mass is 594 g/mol. The smallest absolute Gasteiger partial charge is 0.344 e. The topological polar surface area (TPSA) is 86.2 Å². The average molecular weight is 596 g/mol. The first-order chi connectivity index (χ1) is 13.8. The van der Waals surface area contributed by atoms with E-state index >= 15 is 0 Å². The number of hydrazone groups is 1. The van der Waals surface area contributed by atoms with Crippen molar-refractivity contribution in [2.75, 3.05) is 20.3 Å². The summed E-state index contributed by atoms with van der Waals surface area (Å²) in [7, 11) is 1.54. The van der Waals surface area contributed by atoms with E-state index in [9.17, 15) is 9.59 Å². The van der Waals surface area contributed by atoms with Crippen molar-refractivity contribution in [1.82, 2.24) is 5.43 Å². The Bertz CT molecular complexity index is 916. The Labute approximate surface area is 195 Å². The van der Waals surface area contributed by atoms with Crippen LogP contribution in [0, 0.1) is 3.57 Å². The predicted molar refractivity (Wildman–Crippen MR) is 122 cm³/mol. The molecule has 0 aromatic heterocycles. The third kappa shape index (κ3) is 6.86. The Morgan fingerprint density at radius 2 is 2.07 bits per heavy atom. The van der Waals surface area contributed by atoms with E-state index in [1.807, 2.05) is 0 Å². The van der Waals surface area contributed by atoms with Gasteiger partial charge in [0, 0.05) is 5.56 Å². The van der Waals surface area contributed by atoms with E-state index in [1.54, 1.807) is 44.4 Å². The van der Waals surface area contributed by atoms with Crippen LogP contribution in [-0.4, -0.2) is 38.4 Å². The number of rotatable bonds is 8. The number of amides is 1. The fraction of sp³-hybridized carbons (Fsp3) is 0.211. The Morgan fingerprint density at radius 1 is 1.31 bits per heavy atom. The Kier molecular flexibility index (Phi) is 9.18. The lowest BCUT2D eigenvalue weighted by Crippen LogP contribution is -2.17. The summed E-state index contributed by atoms with van der Waals surface area (Å²) < 4.78 is 16.8. The SMILES string of the molecule is CCOC(=O)COc1c(Cl)cc(/C=N\NC(=O)c2ccc(I)c(OC)c2)cc1Br. The third-order valence-corrected chi connectivity index (χ3v) is 5.21. The van der Waals surface area contributed by atoms with Gasteiger partial charge in [-0.15, -0.1) is 0 Å². The standard InChI is InChI=1S/C19H17BrClIN2O5/c1-3-28-17(25)10-29-18-13(20)6-11(7-14(18)21)9-23-24-19(26)12-4-5-15(22)16(8-12)27-2/h4-9H,3,10H2,1-2H3,(H,24,26)/b23-9-. The molecule has 0 fully saturated rings. The van der Waals surface area contributed by atoms with Crippen LogP contribution in [0.1, 0.15) is 22.8 Å². The molecule has 1 N–H and O–H groups in total. The molecule has 0 atom stereocenters. The van der Waals surface area contributed by atoms with Crippen LogP contribution in [0.3, 0.4) is 0 Å². The van der Waals surface area contributed by atoms with Crippen LogP contribution in [0.5, 0.6) is 11.5 Å². The van der Waals surface area contributed by atoms with Gasteiger partial charge in [-0.3, -0.25) is 4.79 Å². The molecule has 2 aromatic rings. The molecule has 10 heteroatoms. The lowest BCUT2D eigenvalue weighted by Gasteiger charge is -2.10. The number of hydrogen-bond acceptors (Lipinski definition) is 6. The van der Waals surface area contributed by atoms with Gasteiger partial charge >= 0.3 is 5.97 Å². The van der Waals surface area contributed by atoms with E-state index < -0.39 is 5.97 Å². The second kappa shape index (κ2) is 11.4. The number of hydrogen-bond donors (Lipinski definition) is 1. The van der Waals surface area contributed by atoms with Gasteiger partial charge in [-0.25, -0.2) is 10.2 Å². The zero-order chi connectivity index (χ0) is 21.4. The lowest BCUT2D eigenvalue weighted by molar-refractivity contribution is -0.145.